The van der Waals surface area contributed by atoms with Crippen molar-refractivity contribution >= 4 is 6.09 Å². The van der Waals surface area contributed by atoms with E-state index in [9.17, 15) is 14.3 Å². The van der Waals surface area contributed by atoms with Crippen LogP contribution in [0.15, 0.2) is 23.6 Å². The number of nitrogens with one attached hydrogen (secondary N) is 1. The van der Waals surface area contributed by atoms with E-state index >= 15 is 0 Å². The highest BCUT2D eigenvalue weighted by Gasteiger charge is 2.36. The molecular weight excluding hydrogens is 279 g/mol. The molecule has 0 aromatic heterocycles. The Morgan fingerprint density at radius 2 is 2.38 bits per heavy atom. The van der Waals surface area contributed by atoms with Crippen LogP contribution in [0.5, 0.6) is 0 Å². The van der Waals surface area contributed by atoms with Crippen LogP contribution in [-0.2, 0) is 4.74 Å². The maximum Gasteiger partial charge on any atom is 0.410 e. The van der Waals surface area contributed by atoms with Crippen molar-refractivity contribution < 1.29 is 24.1 Å². The maximum atomic E-state index is 14.0. The summed E-state index contributed by atoms with van der Waals surface area (Å²) in [7, 11) is 0. The molecule has 3 unspecified atom stereocenters. The van der Waals surface area contributed by atoms with Gasteiger partial charge in [-0.2, -0.15) is 0 Å². The first-order chi connectivity index (χ1) is 10.1. The minimum absolute atomic E-state index is 0.00802. The zero-order valence-electron chi connectivity index (χ0n) is 12.0. The summed E-state index contributed by atoms with van der Waals surface area (Å²) in [6.45, 7) is 3.20. The lowest BCUT2D eigenvalue weighted by atomic mass is 9.97. The molecular formula is C14H21FN2O4. The number of aliphatic hydroxyl groups is 2. The van der Waals surface area contributed by atoms with E-state index in [1.807, 2.05) is 6.92 Å². The molecule has 0 bridgehead atoms. The average molecular weight is 300 g/mol. The third-order valence-electron chi connectivity index (χ3n) is 3.66. The van der Waals surface area contributed by atoms with E-state index in [4.69, 9.17) is 9.84 Å². The molecule has 1 amide bonds. The van der Waals surface area contributed by atoms with E-state index in [1.54, 1.807) is 6.08 Å². The standard InChI is InChI=1S/C14H21FN2O4/c1-2-16-6-10-7-17(14(20)21-10)9-3-4-11(12(15)5-9)13(19)8-18/h3-4,9-10,13,16,18-19H,2,5-8H2,1H3. The zero-order valence-corrected chi connectivity index (χ0v) is 12.0. The number of halogens is 1. The number of likely N-dealkylation sites (N-methyl/N-ethyl adjacent to an activating group) is 1. The van der Waals surface area contributed by atoms with Gasteiger partial charge in [-0.25, -0.2) is 9.18 Å². The molecule has 1 saturated heterocycles. The molecule has 7 heteroatoms. The lowest BCUT2D eigenvalue weighted by Crippen LogP contribution is -2.38. The summed E-state index contributed by atoms with van der Waals surface area (Å²) in [5.41, 5.74) is 0.0745. The number of carbonyl (C=O) groups is 1. The van der Waals surface area contributed by atoms with Crippen LogP contribution in [0, 0.1) is 0 Å². The molecule has 2 aliphatic rings. The lowest BCUT2D eigenvalue weighted by molar-refractivity contribution is 0.120. The van der Waals surface area contributed by atoms with Crippen LogP contribution >= 0.6 is 0 Å². The van der Waals surface area contributed by atoms with Gasteiger partial charge in [0.1, 0.15) is 18.0 Å². The lowest BCUT2D eigenvalue weighted by Gasteiger charge is -2.26. The summed E-state index contributed by atoms with van der Waals surface area (Å²) in [4.78, 5) is 13.3. The minimum atomic E-state index is -1.23. The summed E-state index contributed by atoms with van der Waals surface area (Å²) in [5, 5.41) is 21.5. The van der Waals surface area contributed by atoms with E-state index in [-0.39, 0.29) is 18.1 Å². The quantitative estimate of drug-likeness (QED) is 0.658. The molecule has 1 fully saturated rings. The van der Waals surface area contributed by atoms with Gasteiger partial charge in [0.2, 0.25) is 0 Å². The van der Waals surface area contributed by atoms with Crippen LogP contribution in [-0.4, -0.2) is 65.7 Å². The average Bonchev–Trinajstić information content (AvgIpc) is 2.85. The van der Waals surface area contributed by atoms with Crippen LogP contribution < -0.4 is 5.32 Å². The Bertz CT molecular complexity index is 452. The van der Waals surface area contributed by atoms with Crippen molar-refractivity contribution in [3.63, 3.8) is 0 Å². The second-order valence-corrected chi connectivity index (χ2v) is 5.16. The normalized spacial score (nSPS) is 27.2. The summed E-state index contributed by atoms with van der Waals surface area (Å²) in [6.07, 6.45) is 1.16. The number of hydrogen-bond acceptors (Lipinski definition) is 5. The summed E-state index contributed by atoms with van der Waals surface area (Å²) >= 11 is 0. The van der Waals surface area contributed by atoms with Crippen molar-refractivity contribution in [3.8, 4) is 0 Å². The molecule has 3 N–H and O–H groups in total. The van der Waals surface area contributed by atoms with Crippen LogP contribution in [0.4, 0.5) is 9.18 Å². The summed E-state index contributed by atoms with van der Waals surface area (Å²) < 4.78 is 19.2. The van der Waals surface area contributed by atoms with E-state index in [1.165, 1.54) is 11.0 Å². The molecule has 0 aromatic rings. The topological polar surface area (TPSA) is 82.0 Å². The van der Waals surface area contributed by atoms with Crippen molar-refractivity contribution in [3.05, 3.63) is 23.6 Å². The van der Waals surface area contributed by atoms with Gasteiger partial charge in [0.25, 0.3) is 0 Å². The fraction of sp³-hybridized carbons (Fsp3) is 0.643. The van der Waals surface area contributed by atoms with Gasteiger partial charge in [-0.1, -0.05) is 19.1 Å². The van der Waals surface area contributed by atoms with Crippen LogP contribution in [0.2, 0.25) is 0 Å². The van der Waals surface area contributed by atoms with Gasteiger partial charge >= 0.3 is 6.09 Å². The molecule has 0 radical (unpaired) electrons. The molecule has 118 valence electrons. The van der Waals surface area contributed by atoms with Gasteiger partial charge in [0.15, 0.2) is 0 Å². The molecule has 1 heterocycles. The number of carbonyl (C=O) groups excluding carboxylic acids is 1. The van der Waals surface area contributed by atoms with Gasteiger partial charge in [-0.3, -0.25) is 4.90 Å². The smallest absolute Gasteiger partial charge is 0.410 e. The predicted octanol–water partition coefficient (Wildman–Crippen LogP) is 0.322. The van der Waals surface area contributed by atoms with Crippen molar-refractivity contribution in [1.82, 2.24) is 10.2 Å². The summed E-state index contributed by atoms with van der Waals surface area (Å²) in [5.74, 6) is -0.507. The highest BCUT2D eigenvalue weighted by Crippen LogP contribution is 2.28. The predicted molar refractivity (Wildman–Crippen MR) is 74.3 cm³/mol. The number of hydrogen-bond donors (Lipinski definition) is 3. The van der Waals surface area contributed by atoms with Gasteiger partial charge in [0, 0.05) is 18.5 Å². The SMILES string of the molecule is CCNCC1CN(C2C=CC(C(O)CO)=C(F)C2)C(=O)O1. The highest BCUT2D eigenvalue weighted by molar-refractivity contribution is 5.71. The van der Waals surface area contributed by atoms with E-state index in [0.717, 1.165) is 6.54 Å². The third kappa shape index (κ3) is 3.61. The number of ether oxygens (including phenoxy) is 1. The Morgan fingerprint density at radius 3 is 3.00 bits per heavy atom. The molecule has 6 nitrogen and oxygen atoms in total. The van der Waals surface area contributed by atoms with Gasteiger partial charge < -0.3 is 20.3 Å². The van der Waals surface area contributed by atoms with Crippen molar-refractivity contribution in [2.45, 2.75) is 31.6 Å². The number of amides is 1. The largest absolute Gasteiger partial charge is 0.443 e. The number of rotatable bonds is 6. The Kier molecular flexibility index (Phi) is 5.33. The van der Waals surface area contributed by atoms with Crippen molar-refractivity contribution in [2.75, 3.05) is 26.2 Å². The second kappa shape index (κ2) is 7.02. The number of nitrogens with zero attached hydrogens (tertiary/aromatic N) is 1. The molecule has 3 atom stereocenters. The first kappa shape index (κ1) is 15.9. The van der Waals surface area contributed by atoms with Crippen LogP contribution in [0.3, 0.4) is 0 Å². The molecule has 0 saturated carbocycles. The molecule has 1 aliphatic heterocycles. The molecule has 1 aliphatic carbocycles. The van der Waals surface area contributed by atoms with Crippen molar-refractivity contribution in [1.29, 1.82) is 0 Å². The summed E-state index contributed by atoms with van der Waals surface area (Å²) in [6, 6.07) is -0.418. The molecule has 2 rings (SSSR count). The van der Waals surface area contributed by atoms with Gasteiger partial charge in [-0.15, -0.1) is 0 Å². The first-order valence-corrected chi connectivity index (χ1v) is 7.10. The Morgan fingerprint density at radius 1 is 1.62 bits per heavy atom. The fourth-order valence-corrected chi connectivity index (χ4v) is 2.50. The monoisotopic (exact) mass is 300 g/mol. The number of cyclic esters (lactones) is 1. The Hall–Kier alpha value is -1.44. The Labute approximate surface area is 122 Å². The Balaban J connectivity index is 1.98. The zero-order chi connectivity index (χ0) is 15.4. The minimum Gasteiger partial charge on any atom is -0.443 e. The van der Waals surface area contributed by atoms with E-state index in [2.05, 4.69) is 5.32 Å². The second-order valence-electron chi connectivity index (χ2n) is 5.16. The van der Waals surface area contributed by atoms with Gasteiger partial charge in [-0.05, 0) is 6.54 Å². The molecule has 0 spiro atoms. The molecule has 21 heavy (non-hydrogen) atoms. The highest BCUT2D eigenvalue weighted by atomic mass is 19.1. The fourth-order valence-electron chi connectivity index (χ4n) is 2.50. The number of aliphatic hydroxyl groups excluding tert-OH is 2. The van der Waals surface area contributed by atoms with Gasteiger partial charge in [0.05, 0.1) is 19.2 Å². The maximum absolute atomic E-state index is 14.0. The third-order valence-corrected chi connectivity index (χ3v) is 3.66. The van der Waals surface area contributed by atoms with Crippen LogP contribution in [0.1, 0.15) is 13.3 Å². The van der Waals surface area contributed by atoms with E-state index in [0.29, 0.717) is 13.1 Å². The molecule has 0 aromatic carbocycles. The van der Waals surface area contributed by atoms with E-state index < -0.39 is 30.7 Å². The van der Waals surface area contributed by atoms with Crippen LogP contribution in [0.25, 0.3) is 0 Å². The first-order valence-electron chi connectivity index (χ1n) is 7.10. The van der Waals surface area contributed by atoms with Crippen molar-refractivity contribution in [2.24, 2.45) is 0 Å².